The lowest BCUT2D eigenvalue weighted by Gasteiger charge is -2.13. The van der Waals surface area contributed by atoms with E-state index in [4.69, 9.17) is 4.74 Å². The van der Waals surface area contributed by atoms with Crippen molar-refractivity contribution in [3.8, 4) is 5.75 Å². The van der Waals surface area contributed by atoms with Crippen LogP contribution >= 0.6 is 0 Å². The van der Waals surface area contributed by atoms with E-state index in [0.29, 0.717) is 30.5 Å². The number of rotatable bonds is 9. The fraction of sp³-hybridized carbons (Fsp3) is 0.600. The number of ether oxygens (including phenoxy) is 1. The Balaban J connectivity index is 2.10. The molecule has 6 heteroatoms. The lowest BCUT2D eigenvalue weighted by atomic mass is 10.2. The second-order valence-electron chi connectivity index (χ2n) is 5.36. The highest BCUT2D eigenvalue weighted by Crippen LogP contribution is 2.32. The molecule has 0 atom stereocenters. The van der Waals surface area contributed by atoms with E-state index in [1.807, 2.05) is 14.0 Å². The van der Waals surface area contributed by atoms with Crippen molar-refractivity contribution in [3.63, 3.8) is 0 Å². The minimum Gasteiger partial charge on any atom is -0.494 e. The molecule has 0 heterocycles. The summed E-state index contributed by atoms with van der Waals surface area (Å²) < 4.78 is 32.8. The Bertz CT molecular complexity index is 568. The van der Waals surface area contributed by atoms with Gasteiger partial charge in [-0.05, 0) is 44.5 Å². The Morgan fingerprint density at radius 1 is 1.33 bits per heavy atom. The maximum atomic E-state index is 12.3. The molecule has 0 radical (unpaired) electrons. The van der Waals surface area contributed by atoms with Crippen LogP contribution < -0.4 is 14.8 Å². The minimum absolute atomic E-state index is 0.298. The van der Waals surface area contributed by atoms with Crippen LogP contribution in [0.4, 0.5) is 0 Å². The minimum atomic E-state index is -3.43. The SMILES string of the molecule is CCOc1ccc(S(=O)(=O)NCCC2CC2)cc1CNC. The summed E-state index contributed by atoms with van der Waals surface area (Å²) in [5.41, 5.74) is 0.851. The van der Waals surface area contributed by atoms with Gasteiger partial charge in [0.2, 0.25) is 10.0 Å². The highest BCUT2D eigenvalue weighted by Gasteiger charge is 2.22. The van der Waals surface area contributed by atoms with Crippen LogP contribution in [0.2, 0.25) is 0 Å². The third-order valence-corrected chi connectivity index (χ3v) is 5.01. The molecule has 0 spiro atoms. The number of hydrogen-bond donors (Lipinski definition) is 2. The molecular formula is C15H24N2O3S. The summed E-state index contributed by atoms with van der Waals surface area (Å²) in [4.78, 5) is 0.298. The fourth-order valence-electron chi connectivity index (χ4n) is 2.24. The molecular weight excluding hydrogens is 288 g/mol. The van der Waals surface area contributed by atoms with E-state index >= 15 is 0 Å². The lowest BCUT2D eigenvalue weighted by molar-refractivity contribution is 0.335. The topological polar surface area (TPSA) is 67.4 Å². The van der Waals surface area contributed by atoms with E-state index < -0.39 is 10.0 Å². The van der Waals surface area contributed by atoms with Crippen molar-refractivity contribution in [1.29, 1.82) is 0 Å². The standard InChI is InChI=1S/C15H24N2O3S/c1-3-20-15-7-6-14(10-13(15)11-16-2)21(18,19)17-9-8-12-4-5-12/h6-7,10,12,16-17H,3-5,8-9,11H2,1-2H3. The molecule has 0 saturated heterocycles. The average Bonchev–Trinajstić information content (AvgIpc) is 3.25. The van der Waals surface area contributed by atoms with Gasteiger partial charge in [0.1, 0.15) is 5.75 Å². The van der Waals surface area contributed by atoms with E-state index in [9.17, 15) is 8.42 Å². The van der Waals surface area contributed by atoms with Gasteiger partial charge in [0.15, 0.2) is 0 Å². The van der Waals surface area contributed by atoms with Gasteiger partial charge in [-0.15, -0.1) is 0 Å². The lowest BCUT2D eigenvalue weighted by Crippen LogP contribution is -2.25. The zero-order valence-corrected chi connectivity index (χ0v) is 13.5. The van der Waals surface area contributed by atoms with Crippen molar-refractivity contribution in [2.45, 2.75) is 37.6 Å². The van der Waals surface area contributed by atoms with E-state index in [1.165, 1.54) is 12.8 Å². The molecule has 1 aliphatic rings. The Kier molecular flexibility index (Phi) is 5.61. The second-order valence-corrected chi connectivity index (χ2v) is 7.13. The van der Waals surface area contributed by atoms with Gasteiger partial charge in [-0.1, -0.05) is 12.8 Å². The molecule has 118 valence electrons. The van der Waals surface area contributed by atoms with E-state index in [2.05, 4.69) is 10.0 Å². The summed E-state index contributed by atoms with van der Waals surface area (Å²) in [7, 11) is -1.61. The molecule has 1 aromatic carbocycles. The number of nitrogens with one attached hydrogen (secondary N) is 2. The van der Waals surface area contributed by atoms with Gasteiger partial charge in [-0.3, -0.25) is 0 Å². The van der Waals surface area contributed by atoms with Crippen LogP contribution in [-0.4, -0.2) is 28.6 Å². The molecule has 5 nitrogen and oxygen atoms in total. The third kappa shape index (κ3) is 4.69. The molecule has 0 unspecified atom stereocenters. The van der Waals surface area contributed by atoms with Crippen LogP contribution in [0.5, 0.6) is 5.75 Å². The summed E-state index contributed by atoms with van der Waals surface area (Å²) in [6.45, 7) is 3.55. The first-order chi connectivity index (χ1) is 10.1. The molecule has 0 amide bonds. The fourth-order valence-corrected chi connectivity index (χ4v) is 3.33. The van der Waals surface area contributed by atoms with Crippen molar-refractivity contribution in [2.75, 3.05) is 20.2 Å². The Hall–Kier alpha value is -1.11. The van der Waals surface area contributed by atoms with Gasteiger partial charge in [0.25, 0.3) is 0 Å². The summed E-state index contributed by atoms with van der Waals surface area (Å²) in [6, 6.07) is 5.01. The van der Waals surface area contributed by atoms with Crippen LogP contribution in [0.3, 0.4) is 0 Å². The molecule has 0 aromatic heterocycles. The van der Waals surface area contributed by atoms with Gasteiger partial charge in [0, 0.05) is 18.7 Å². The smallest absolute Gasteiger partial charge is 0.240 e. The molecule has 2 N–H and O–H groups in total. The summed E-state index contributed by atoms with van der Waals surface area (Å²) in [6.07, 6.45) is 3.40. The summed E-state index contributed by atoms with van der Waals surface area (Å²) in [5.74, 6) is 1.44. The highest BCUT2D eigenvalue weighted by atomic mass is 32.2. The first kappa shape index (κ1) is 16.3. The van der Waals surface area contributed by atoms with Crippen LogP contribution in [-0.2, 0) is 16.6 Å². The molecule has 21 heavy (non-hydrogen) atoms. The monoisotopic (exact) mass is 312 g/mol. The van der Waals surface area contributed by atoms with Crippen LogP contribution in [0.1, 0.15) is 31.7 Å². The van der Waals surface area contributed by atoms with Crippen molar-refractivity contribution in [2.24, 2.45) is 5.92 Å². The first-order valence-corrected chi connectivity index (χ1v) is 8.95. The Morgan fingerprint density at radius 2 is 2.10 bits per heavy atom. The maximum Gasteiger partial charge on any atom is 0.240 e. The van der Waals surface area contributed by atoms with Crippen molar-refractivity contribution >= 4 is 10.0 Å². The molecule has 0 bridgehead atoms. The molecule has 1 fully saturated rings. The van der Waals surface area contributed by atoms with Gasteiger partial charge in [0.05, 0.1) is 11.5 Å². The molecule has 2 rings (SSSR count). The van der Waals surface area contributed by atoms with E-state index in [0.717, 1.165) is 17.7 Å². The molecule has 1 saturated carbocycles. The Labute approximate surface area is 127 Å². The molecule has 1 aromatic rings. The largest absolute Gasteiger partial charge is 0.494 e. The summed E-state index contributed by atoms with van der Waals surface area (Å²) in [5, 5.41) is 3.03. The number of sulfonamides is 1. The van der Waals surface area contributed by atoms with E-state index in [1.54, 1.807) is 18.2 Å². The van der Waals surface area contributed by atoms with Gasteiger partial charge < -0.3 is 10.1 Å². The number of benzene rings is 1. The maximum absolute atomic E-state index is 12.3. The second kappa shape index (κ2) is 7.24. The highest BCUT2D eigenvalue weighted by molar-refractivity contribution is 7.89. The third-order valence-electron chi connectivity index (χ3n) is 3.55. The summed E-state index contributed by atoms with van der Waals surface area (Å²) >= 11 is 0. The van der Waals surface area contributed by atoms with Crippen LogP contribution in [0.15, 0.2) is 23.1 Å². The zero-order chi connectivity index (χ0) is 15.3. The van der Waals surface area contributed by atoms with Crippen molar-refractivity contribution in [3.05, 3.63) is 23.8 Å². The van der Waals surface area contributed by atoms with Gasteiger partial charge in [-0.25, -0.2) is 13.1 Å². The van der Waals surface area contributed by atoms with Crippen LogP contribution in [0, 0.1) is 5.92 Å². The molecule has 1 aliphatic carbocycles. The molecule has 0 aliphatic heterocycles. The quantitative estimate of drug-likeness (QED) is 0.730. The van der Waals surface area contributed by atoms with Gasteiger partial charge >= 0.3 is 0 Å². The van der Waals surface area contributed by atoms with Gasteiger partial charge in [-0.2, -0.15) is 0 Å². The normalized spacial score (nSPS) is 15.1. The average molecular weight is 312 g/mol. The van der Waals surface area contributed by atoms with Crippen LogP contribution in [0.25, 0.3) is 0 Å². The van der Waals surface area contributed by atoms with E-state index in [-0.39, 0.29) is 0 Å². The van der Waals surface area contributed by atoms with Crippen molar-refractivity contribution < 1.29 is 13.2 Å². The Morgan fingerprint density at radius 3 is 2.71 bits per heavy atom. The first-order valence-electron chi connectivity index (χ1n) is 7.46. The predicted molar refractivity (Wildman–Crippen MR) is 82.9 cm³/mol. The predicted octanol–water partition coefficient (Wildman–Crippen LogP) is 1.88. The zero-order valence-electron chi connectivity index (χ0n) is 12.7. The van der Waals surface area contributed by atoms with Crippen molar-refractivity contribution in [1.82, 2.24) is 10.0 Å². The number of hydrogen-bond acceptors (Lipinski definition) is 4.